The number of imide groups is 1. The predicted octanol–water partition coefficient (Wildman–Crippen LogP) is 3.77. The first kappa shape index (κ1) is 22.1. The molecule has 1 aliphatic carbocycles. The van der Waals surface area contributed by atoms with E-state index in [-0.39, 0.29) is 42.5 Å². The molecule has 1 saturated carbocycles. The number of amides is 3. The van der Waals surface area contributed by atoms with Crippen LogP contribution in [0.15, 0.2) is 18.2 Å². The van der Waals surface area contributed by atoms with Gasteiger partial charge in [-0.15, -0.1) is 0 Å². The molecule has 0 bridgehead atoms. The molecular weight excluding hydrogens is 384 g/mol. The van der Waals surface area contributed by atoms with Crippen LogP contribution in [0.2, 0.25) is 0 Å². The zero-order valence-corrected chi connectivity index (χ0v) is 17.9. The predicted molar refractivity (Wildman–Crippen MR) is 113 cm³/mol. The highest BCUT2D eigenvalue weighted by atomic mass is 16.5. The number of hydrogen-bond acceptors (Lipinski definition) is 5. The average molecular weight is 417 g/mol. The number of hydrogen-bond donors (Lipinski definition) is 1. The fourth-order valence-electron chi connectivity index (χ4n) is 4.13. The van der Waals surface area contributed by atoms with E-state index in [1.807, 2.05) is 13.8 Å². The number of likely N-dealkylation sites (tertiary alicyclic amines) is 1. The van der Waals surface area contributed by atoms with Crippen molar-refractivity contribution in [3.05, 3.63) is 18.2 Å². The van der Waals surface area contributed by atoms with Crippen molar-refractivity contribution in [2.24, 2.45) is 11.8 Å². The molecule has 1 saturated heterocycles. The number of anilines is 1. The Morgan fingerprint density at radius 1 is 1.00 bits per heavy atom. The van der Waals surface area contributed by atoms with Crippen molar-refractivity contribution in [2.45, 2.75) is 58.8 Å². The smallest absolute Gasteiger partial charge is 0.233 e. The van der Waals surface area contributed by atoms with Gasteiger partial charge in [0.25, 0.3) is 0 Å². The van der Waals surface area contributed by atoms with Crippen molar-refractivity contribution in [1.82, 2.24) is 4.90 Å². The Labute approximate surface area is 178 Å². The Balaban J connectivity index is 1.57. The van der Waals surface area contributed by atoms with Crippen LogP contribution in [0.4, 0.5) is 5.69 Å². The molecule has 0 unspecified atom stereocenters. The summed E-state index contributed by atoms with van der Waals surface area (Å²) in [5.41, 5.74) is 0.600. The SMILES string of the molecule is CCCOc1ccc(NC(=O)CCN2C(=O)[C@H]3CCCC[C@H]3C2=O)cc1OCCC. The number of benzene rings is 1. The zero-order chi connectivity index (χ0) is 21.5. The molecule has 0 radical (unpaired) electrons. The van der Waals surface area contributed by atoms with Crippen LogP contribution in [0.3, 0.4) is 0 Å². The second-order valence-corrected chi connectivity index (χ2v) is 7.98. The molecule has 7 nitrogen and oxygen atoms in total. The van der Waals surface area contributed by atoms with Gasteiger partial charge in [0.05, 0.1) is 25.0 Å². The minimum atomic E-state index is -0.242. The molecule has 2 atom stereocenters. The fraction of sp³-hybridized carbons (Fsp3) is 0.609. The van der Waals surface area contributed by atoms with E-state index in [9.17, 15) is 14.4 Å². The van der Waals surface area contributed by atoms with E-state index >= 15 is 0 Å². The molecule has 30 heavy (non-hydrogen) atoms. The number of carbonyl (C=O) groups excluding carboxylic acids is 3. The molecule has 164 valence electrons. The van der Waals surface area contributed by atoms with E-state index < -0.39 is 0 Å². The molecule has 1 heterocycles. The van der Waals surface area contributed by atoms with Gasteiger partial charge in [0.1, 0.15) is 0 Å². The van der Waals surface area contributed by atoms with E-state index in [0.717, 1.165) is 38.5 Å². The molecule has 0 spiro atoms. The van der Waals surface area contributed by atoms with Gasteiger partial charge in [-0.05, 0) is 37.8 Å². The van der Waals surface area contributed by atoms with Crippen LogP contribution < -0.4 is 14.8 Å². The van der Waals surface area contributed by atoms with Crippen LogP contribution in [0, 0.1) is 11.8 Å². The van der Waals surface area contributed by atoms with Crippen LogP contribution in [-0.4, -0.2) is 42.4 Å². The van der Waals surface area contributed by atoms with Crippen molar-refractivity contribution >= 4 is 23.4 Å². The molecule has 7 heteroatoms. The first-order valence-electron chi connectivity index (χ1n) is 11.1. The lowest BCUT2D eigenvalue weighted by molar-refractivity contribution is -0.140. The Morgan fingerprint density at radius 2 is 1.60 bits per heavy atom. The highest BCUT2D eigenvalue weighted by Crippen LogP contribution is 2.38. The Morgan fingerprint density at radius 3 is 2.20 bits per heavy atom. The third kappa shape index (κ3) is 5.12. The second-order valence-electron chi connectivity index (χ2n) is 7.98. The van der Waals surface area contributed by atoms with Crippen molar-refractivity contribution in [3.8, 4) is 11.5 Å². The number of carbonyl (C=O) groups is 3. The topological polar surface area (TPSA) is 84.9 Å². The van der Waals surface area contributed by atoms with Crippen molar-refractivity contribution in [2.75, 3.05) is 25.1 Å². The van der Waals surface area contributed by atoms with E-state index in [4.69, 9.17) is 9.47 Å². The van der Waals surface area contributed by atoms with Crippen molar-refractivity contribution in [3.63, 3.8) is 0 Å². The van der Waals surface area contributed by atoms with Gasteiger partial charge in [-0.25, -0.2) is 0 Å². The monoisotopic (exact) mass is 416 g/mol. The summed E-state index contributed by atoms with van der Waals surface area (Å²) in [6.07, 6.45) is 5.39. The van der Waals surface area contributed by atoms with Crippen LogP contribution in [-0.2, 0) is 14.4 Å². The third-order valence-corrected chi connectivity index (χ3v) is 5.65. The summed E-state index contributed by atoms with van der Waals surface area (Å²) in [4.78, 5) is 38.8. The summed E-state index contributed by atoms with van der Waals surface area (Å²) >= 11 is 0. The maximum absolute atomic E-state index is 12.5. The van der Waals surface area contributed by atoms with Crippen LogP contribution >= 0.6 is 0 Å². The van der Waals surface area contributed by atoms with Gasteiger partial charge in [-0.2, -0.15) is 0 Å². The fourth-order valence-corrected chi connectivity index (χ4v) is 4.13. The Hall–Kier alpha value is -2.57. The second kappa shape index (κ2) is 10.5. The lowest BCUT2D eigenvalue weighted by Gasteiger charge is -2.19. The maximum atomic E-state index is 12.5. The standard InChI is InChI=1S/C23H32N2O5/c1-3-13-29-19-10-9-16(15-20(19)30-14-4-2)24-21(26)11-12-25-22(27)17-7-5-6-8-18(17)23(25)28/h9-10,15,17-18H,3-8,11-14H2,1-2H3,(H,24,26)/t17-,18+. The average Bonchev–Trinajstić information content (AvgIpc) is 3.00. The molecule has 3 rings (SSSR count). The number of ether oxygens (including phenoxy) is 2. The molecule has 0 aromatic heterocycles. The molecule has 1 N–H and O–H groups in total. The molecule has 3 amide bonds. The number of nitrogens with one attached hydrogen (secondary N) is 1. The lowest BCUT2D eigenvalue weighted by Crippen LogP contribution is -2.34. The third-order valence-electron chi connectivity index (χ3n) is 5.65. The molecule has 2 fully saturated rings. The van der Waals surface area contributed by atoms with Gasteiger partial charge in [-0.1, -0.05) is 26.7 Å². The van der Waals surface area contributed by atoms with Gasteiger partial charge < -0.3 is 14.8 Å². The summed E-state index contributed by atoms with van der Waals surface area (Å²) in [5.74, 6) is 0.437. The lowest BCUT2D eigenvalue weighted by atomic mass is 9.81. The van der Waals surface area contributed by atoms with Gasteiger partial charge in [0, 0.05) is 24.7 Å². The van der Waals surface area contributed by atoms with E-state index in [1.165, 1.54) is 4.90 Å². The number of fused-ring (bicyclic) bond motifs is 1. The normalized spacial score (nSPS) is 20.8. The molecule has 1 aromatic carbocycles. The Kier molecular flexibility index (Phi) is 7.71. The van der Waals surface area contributed by atoms with Crippen molar-refractivity contribution in [1.29, 1.82) is 0 Å². The van der Waals surface area contributed by atoms with E-state index in [0.29, 0.717) is 30.4 Å². The van der Waals surface area contributed by atoms with Gasteiger partial charge in [-0.3, -0.25) is 19.3 Å². The highest BCUT2D eigenvalue weighted by molar-refractivity contribution is 6.05. The summed E-state index contributed by atoms with van der Waals surface area (Å²) < 4.78 is 11.5. The first-order valence-corrected chi connectivity index (χ1v) is 11.1. The highest BCUT2D eigenvalue weighted by Gasteiger charge is 2.47. The first-order chi connectivity index (χ1) is 14.5. The summed E-state index contributed by atoms with van der Waals surface area (Å²) in [6, 6.07) is 5.30. The molecule has 1 aliphatic heterocycles. The molecule has 2 aliphatic rings. The zero-order valence-electron chi connectivity index (χ0n) is 17.9. The minimum absolute atomic E-state index is 0.0795. The van der Waals surface area contributed by atoms with Gasteiger partial charge >= 0.3 is 0 Å². The van der Waals surface area contributed by atoms with Gasteiger partial charge in [0.2, 0.25) is 17.7 Å². The quantitative estimate of drug-likeness (QED) is 0.587. The molecular formula is C23H32N2O5. The van der Waals surface area contributed by atoms with Crippen LogP contribution in [0.5, 0.6) is 11.5 Å². The molecule has 1 aromatic rings. The van der Waals surface area contributed by atoms with E-state index in [1.54, 1.807) is 18.2 Å². The van der Waals surface area contributed by atoms with Crippen molar-refractivity contribution < 1.29 is 23.9 Å². The summed E-state index contributed by atoms with van der Waals surface area (Å²) in [7, 11) is 0. The maximum Gasteiger partial charge on any atom is 0.233 e. The van der Waals surface area contributed by atoms with Crippen LogP contribution in [0.1, 0.15) is 58.8 Å². The van der Waals surface area contributed by atoms with Crippen LogP contribution in [0.25, 0.3) is 0 Å². The number of rotatable bonds is 10. The van der Waals surface area contributed by atoms with Gasteiger partial charge in [0.15, 0.2) is 11.5 Å². The largest absolute Gasteiger partial charge is 0.490 e. The minimum Gasteiger partial charge on any atom is -0.490 e. The summed E-state index contributed by atoms with van der Waals surface area (Å²) in [6.45, 7) is 5.34. The Bertz CT molecular complexity index is 755. The van der Waals surface area contributed by atoms with E-state index in [2.05, 4.69) is 5.32 Å². The summed E-state index contributed by atoms with van der Waals surface area (Å²) in [5, 5.41) is 2.83. The number of nitrogens with zero attached hydrogens (tertiary/aromatic N) is 1.